The maximum atomic E-state index is 12.2. The predicted octanol–water partition coefficient (Wildman–Crippen LogP) is 2.75. The highest BCUT2D eigenvalue weighted by Crippen LogP contribution is 2.33. The molecule has 1 aromatic rings. The van der Waals surface area contributed by atoms with Crippen LogP contribution in [-0.4, -0.2) is 55.7 Å². The van der Waals surface area contributed by atoms with E-state index < -0.39 is 45.5 Å². The molecule has 2 atom stereocenters. The second kappa shape index (κ2) is 11.1. The highest BCUT2D eigenvalue weighted by Gasteiger charge is 2.24. The summed E-state index contributed by atoms with van der Waals surface area (Å²) in [4.78, 5) is 48.0. The number of nitrogens with zero attached hydrogens (tertiary/aromatic N) is 2. The van der Waals surface area contributed by atoms with Crippen LogP contribution >= 0.6 is 34.9 Å². The molecule has 0 unspecified atom stereocenters. The SMILES string of the molecule is C[C@H](Sc1nnc(S[C@H](C)C(=O)NC(=O)NC(C)(C)C)s1)C(=O)NC(=O)NC(C)(C)C. The number of carbonyl (C=O) groups is 4. The second-order valence-corrected chi connectivity index (χ2v) is 12.9. The summed E-state index contributed by atoms with van der Waals surface area (Å²) in [6, 6.07) is -1.12. The van der Waals surface area contributed by atoms with Gasteiger partial charge in [-0.05, 0) is 55.4 Å². The molecule has 0 saturated heterocycles. The van der Waals surface area contributed by atoms with Gasteiger partial charge in [-0.1, -0.05) is 34.9 Å². The van der Waals surface area contributed by atoms with Crippen LogP contribution in [0.4, 0.5) is 9.59 Å². The van der Waals surface area contributed by atoms with Gasteiger partial charge in [-0.3, -0.25) is 20.2 Å². The topological polar surface area (TPSA) is 142 Å². The van der Waals surface area contributed by atoms with Gasteiger partial charge < -0.3 is 10.6 Å². The van der Waals surface area contributed by atoms with Gasteiger partial charge in [-0.15, -0.1) is 10.2 Å². The van der Waals surface area contributed by atoms with E-state index in [4.69, 9.17) is 0 Å². The van der Waals surface area contributed by atoms with Gasteiger partial charge in [0.2, 0.25) is 11.8 Å². The molecule has 0 aliphatic carbocycles. The van der Waals surface area contributed by atoms with Crippen LogP contribution in [0.5, 0.6) is 0 Å². The van der Waals surface area contributed by atoms with Crippen molar-refractivity contribution in [2.45, 2.75) is 85.6 Å². The van der Waals surface area contributed by atoms with Gasteiger partial charge in [-0.25, -0.2) is 9.59 Å². The molecule has 0 aliphatic rings. The summed E-state index contributed by atoms with van der Waals surface area (Å²) in [6.45, 7) is 14.2. The Hall–Kier alpha value is -1.86. The van der Waals surface area contributed by atoms with Crippen LogP contribution in [0.25, 0.3) is 0 Å². The van der Waals surface area contributed by atoms with Crippen molar-refractivity contribution in [1.82, 2.24) is 31.5 Å². The van der Waals surface area contributed by atoms with Gasteiger partial charge in [0.05, 0.1) is 10.5 Å². The number of amides is 6. The van der Waals surface area contributed by atoms with Crippen molar-refractivity contribution in [3.8, 4) is 0 Å². The first-order chi connectivity index (χ1) is 14.1. The standard InChI is InChI=1S/C18H30N6O4S3/c1-9(11(25)19-13(27)21-17(3,4)5)29-15-23-24-16(31-15)30-10(2)12(26)20-14(28)22-18(6,7)8/h9-10H,1-8H3,(H2,19,21,25,27)(H2,20,22,26,28)/t9-,10+. The molecular formula is C18H30N6O4S3. The number of nitrogens with one attached hydrogen (secondary N) is 4. The predicted molar refractivity (Wildman–Crippen MR) is 123 cm³/mol. The van der Waals surface area contributed by atoms with Gasteiger partial charge in [0.1, 0.15) is 0 Å². The van der Waals surface area contributed by atoms with Crippen LogP contribution < -0.4 is 21.3 Å². The van der Waals surface area contributed by atoms with Gasteiger partial charge in [0, 0.05) is 11.1 Å². The quantitative estimate of drug-likeness (QED) is 0.446. The highest BCUT2D eigenvalue weighted by atomic mass is 32.2. The van der Waals surface area contributed by atoms with Gasteiger partial charge >= 0.3 is 12.1 Å². The summed E-state index contributed by atoms with van der Waals surface area (Å²) in [7, 11) is 0. The number of hydrogen-bond donors (Lipinski definition) is 4. The minimum Gasteiger partial charge on any atom is -0.333 e. The maximum Gasteiger partial charge on any atom is 0.321 e. The average Bonchev–Trinajstić information content (AvgIpc) is 2.97. The van der Waals surface area contributed by atoms with Crippen LogP contribution in [0.3, 0.4) is 0 Å². The number of imide groups is 2. The van der Waals surface area contributed by atoms with E-state index in [1.807, 2.05) is 41.5 Å². The van der Waals surface area contributed by atoms with Crippen LogP contribution in [-0.2, 0) is 9.59 Å². The zero-order valence-electron chi connectivity index (χ0n) is 18.9. The average molecular weight is 491 g/mol. The Kier molecular flexibility index (Phi) is 9.76. The zero-order chi connectivity index (χ0) is 24.0. The van der Waals surface area contributed by atoms with Crippen LogP contribution in [0, 0.1) is 0 Å². The van der Waals surface area contributed by atoms with Crippen molar-refractivity contribution >= 4 is 58.7 Å². The zero-order valence-corrected chi connectivity index (χ0v) is 21.4. The summed E-state index contributed by atoms with van der Waals surface area (Å²) in [5, 5.41) is 16.8. The van der Waals surface area contributed by atoms with E-state index in [0.29, 0.717) is 8.68 Å². The molecule has 174 valence electrons. The Bertz CT molecular complexity index is 751. The number of hydrogen-bond acceptors (Lipinski definition) is 9. The third-order valence-corrected chi connectivity index (χ3v) is 6.42. The number of aromatic nitrogens is 2. The van der Waals surface area contributed by atoms with E-state index >= 15 is 0 Å². The summed E-state index contributed by atoms with van der Waals surface area (Å²) in [5.74, 6) is -0.900. The molecule has 31 heavy (non-hydrogen) atoms. The molecule has 6 amide bonds. The van der Waals surface area contributed by atoms with E-state index in [9.17, 15) is 19.2 Å². The van der Waals surface area contributed by atoms with E-state index in [2.05, 4.69) is 31.5 Å². The smallest absolute Gasteiger partial charge is 0.321 e. The molecule has 1 rings (SSSR count). The molecule has 1 aromatic heterocycles. The third-order valence-electron chi connectivity index (χ3n) is 3.13. The van der Waals surface area contributed by atoms with E-state index in [-0.39, 0.29) is 0 Å². The Morgan fingerprint density at radius 2 is 1.06 bits per heavy atom. The van der Waals surface area contributed by atoms with Crippen molar-refractivity contribution < 1.29 is 19.2 Å². The van der Waals surface area contributed by atoms with Crippen molar-refractivity contribution in [2.75, 3.05) is 0 Å². The lowest BCUT2D eigenvalue weighted by molar-refractivity contribution is -0.120. The molecule has 0 saturated carbocycles. The molecule has 1 heterocycles. The fraction of sp³-hybridized carbons (Fsp3) is 0.667. The molecule has 0 radical (unpaired) electrons. The van der Waals surface area contributed by atoms with Gasteiger partial charge in [0.15, 0.2) is 8.68 Å². The molecular weight excluding hydrogens is 460 g/mol. The summed E-state index contributed by atoms with van der Waals surface area (Å²) in [5.41, 5.74) is -0.912. The first-order valence-corrected chi connectivity index (χ1v) is 12.1. The molecule has 4 N–H and O–H groups in total. The fourth-order valence-corrected chi connectivity index (χ4v) is 5.18. The van der Waals surface area contributed by atoms with E-state index in [0.717, 1.165) is 23.5 Å². The lowest BCUT2D eigenvalue weighted by Gasteiger charge is -2.21. The minimum atomic E-state index is -0.571. The summed E-state index contributed by atoms with van der Waals surface area (Å²) < 4.78 is 1.05. The lowest BCUT2D eigenvalue weighted by atomic mass is 10.1. The van der Waals surface area contributed by atoms with Gasteiger partial charge in [-0.2, -0.15) is 0 Å². The summed E-state index contributed by atoms with van der Waals surface area (Å²) >= 11 is 3.54. The number of urea groups is 2. The second-order valence-electron chi connectivity index (χ2n) is 8.74. The Balaban J connectivity index is 2.55. The van der Waals surface area contributed by atoms with E-state index in [1.165, 1.54) is 11.3 Å². The van der Waals surface area contributed by atoms with Crippen LogP contribution in [0.1, 0.15) is 55.4 Å². The van der Waals surface area contributed by atoms with Crippen molar-refractivity contribution in [3.05, 3.63) is 0 Å². The number of rotatable bonds is 6. The van der Waals surface area contributed by atoms with Crippen molar-refractivity contribution in [1.29, 1.82) is 0 Å². The van der Waals surface area contributed by atoms with Crippen molar-refractivity contribution in [3.63, 3.8) is 0 Å². The lowest BCUT2D eigenvalue weighted by Crippen LogP contribution is -2.49. The van der Waals surface area contributed by atoms with Crippen molar-refractivity contribution in [2.24, 2.45) is 0 Å². The normalized spacial score (nSPS) is 13.7. The molecule has 0 aliphatic heterocycles. The van der Waals surface area contributed by atoms with Gasteiger partial charge in [0.25, 0.3) is 0 Å². The Morgan fingerprint density at radius 3 is 1.35 bits per heavy atom. The van der Waals surface area contributed by atoms with E-state index in [1.54, 1.807) is 13.8 Å². The number of thioether (sulfide) groups is 2. The molecule has 0 bridgehead atoms. The Labute approximate surface area is 194 Å². The minimum absolute atomic E-state index is 0.450. The molecule has 0 aromatic carbocycles. The largest absolute Gasteiger partial charge is 0.333 e. The molecule has 0 spiro atoms. The monoisotopic (exact) mass is 490 g/mol. The third kappa shape index (κ3) is 11.4. The van der Waals surface area contributed by atoms with Crippen LogP contribution in [0.15, 0.2) is 8.68 Å². The first-order valence-electron chi connectivity index (χ1n) is 9.48. The highest BCUT2D eigenvalue weighted by molar-refractivity contribution is 8.04. The first kappa shape index (κ1) is 27.2. The molecule has 0 fully saturated rings. The molecule has 13 heteroatoms. The Morgan fingerprint density at radius 1 is 0.742 bits per heavy atom. The maximum absolute atomic E-state index is 12.2. The number of carbonyl (C=O) groups excluding carboxylic acids is 4. The summed E-state index contributed by atoms with van der Waals surface area (Å²) in [6.07, 6.45) is 0. The molecule has 10 nitrogen and oxygen atoms in total. The fourth-order valence-electron chi connectivity index (χ4n) is 1.87. The van der Waals surface area contributed by atoms with Crippen LogP contribution in [0.2, 0.25) is 0 Å².